The molecule has 0 aromatic heterocycles. The van der Waals surface area contributed by atoms with Crippen LogP contribution in [-0.4, -0.2) is 29.9 Å². The highest BCUT2D eigenvalue weighted by Crippen LogP contribution is 2.24. The Morgan fingerprint density at radius 2 is 1.86 bits per heavy atom. The largest absolute Gasteiger partial charge is 0.336 e. The molecule has 4 nitrogen and oxygen atoms in total. The molecule has 1 saturated carbocycles. The highest BCUT2D eigenvalue weighted by Gasteiger charge is 2.28. The SMILES string of the molecule is CCCN(C1CCCCC1)S(=O)(=O)O. The van der Waals surface area contributed by atoms with E-state index in [1.54, 1.807) is 0 Å². The molecular formula is C9H19NO3S. The predicted molar refractivity (Wildman–Crippen MR) is 55.4 cm³/mol. The fraction of sp³-hybridized carbons (Fsp3) is 1.00. The molecule has 0 aromatic carbocycles. The maximum Gasteiger partial charge on any atom is 0.336 e. The first-order chi connectivity index (χ1) is 6.55. The van der Waals surface area contributed by atoms with Crippen molar-refractivity contribution in [2.45, 2.75) is 51.5 Å². The lowest BCUT2D eigenvalue weighted by Crippen LogP contribution is -2.41. The third kappa shape index (κ3) is 3.22. The van der Waals surface area contributed by atoms with Gasteiger partial charge in [0.05, 0.1) is 0 Å². The molecule has 84 valence electrons. The van der Waals surface area contributed by atoms with Crippen molar-refractivity contribution in [3.63, 3.8) is 0 Å². The van der Waals surface area contributed by atoms with E-state index in [-0.39, 0.29) is 6.04 Å². The van der Waals surface area contributed by atoms with Crippen molar-refractivity contribution in [2.75, 3.05) is 6.54 Å². The zero-order chi connectivity index (χ0) is 10.6. The van der Waals surface area contributed by atoms with E-state index in [9.17, 15) is 8.42 Å². The summed E-state index contributed by atoms with van der Waals surface area (Å²) in [5.74, 6) is 0. The van der Waals surface area contributed by atoms with Crippen LogP contribution in [0.25, 0.3) is 0 Å². The first kappa shape index (κ1) is 11.9. The molecule has 0 spiro atoms. The van der Waals surface area contributed by atoms with E-state index in [0.29, 0.717) is 6.54 Å². The van der Waals surface area contributed by atoms with Crippen molar-refractivity contribution in [1.29, 1.82) is 0 Å². The van der Waals surface area contributed by atoms with Gasteiger partial charge in [0.25, 0.3) is 0 Å². The molecule has 14 heavy (non-hydrogen) atoms. The van der Waals surface area contributed by atoms with Crippen LogP contribution in [0.3, 0.4) is 0 Å². The number of rotatable bonds is 4. The molecule has 0 atom stereocenters. The van der Waals surface area contributed by atoms with Gasteiger partial charge in [0.2, 0.25) is 0 Å². The van der Waals surface area contributed by atoms with Crippen LogP contribution in [0.15, 0.2) is 0 Å². The third-order valence-electron chi connectivity index (χ3n) is 2.72. The molecule has 0 saturated heterocycles. The van der Waals surface area contributed by atoms with Crippen molar-refractivity contribution < 1.29 is 13.0 Å². The molecule has 0 heterocycles. The van der Waals surface area contributed by atoms with E-state index in [2.05, 4.69) is 0 Å². The molecule has 1 aliphatic rings. The van der Waals surface area contributed by atoms with Crippen molar-refractivity contribution in [1.82, 2.24) is 4.31 Å². The summed E-state index contributed by atoms with van der Waals surface area (Å²) in [6.07, 6.45) is 5.85. The molecule has 0 aliphatic heterocycles. The Kier molecular flexibility index (Phi) is 4.34. The Hall–Kier alpha value is -0.130. The molecular weight excluding hydrogens is 202 g/mol. The topological polar surface area (TPSA) is 57.6 Å². The number of hydrogen-bond donors (Lipinski definition) is 1. The molecule has 0 bridgehead atoms. The smallest absolute Gasteiger partial charge is 0.273 e. The molecule has 5 heteroatoms. The van der Waals surface area contributed by atoms with Gasteiger partial charge in [-0.1, -0.05) is 26.2 Å². The van der Waals surface area contributed by atoms with Crippen LogP contribution >= 0.6 is 0 Å². The van der Waals surface area contributed by atoms with Crippen molar-refractivity contribution in [2.24, 2.45) is 0 Å². The van der Waals surface area contributed by atoms with Crippen molar-refractivity contribution in [3.05, 3.63) is 0 Å². The number of hydrogen-bond acceptors (Lipinski definition) is 2. The summed E-state index contributed by atoms with van der Waals surface area (Å²) < 4.78 is 32.5. The normalized spacial score (nSPS) is 20.2. The minimum atomic E-state index is -3.99. The van der Waals surface area contributed by atoms with Gasteiger partial charge in [-0.25, -0.2) is 0 Å². The summed E-state index contributed by atoms with van der Waals surface area (Å²) in [6, 6.07) is 0.0266. The molecule has 0 aromatic rings. The maximum atomic E-state index is 11.1. The Balaban J connectivity index is 2.66. The Labute approximate surface area is 86.2 Å². The molecule has 0 amide bonds. The first-order valence-corrected chi connectivity index (χ1v) is 6.69. The van der Waals surface area contributed by atoms with Gasteiger partial charge in [0.15, 0.2) is 0 Å². The first-order valence-electron chi connectivity index (χ1n) is 5.30. The van der Waals surface area contributed by atoms with Gasteiger partial charge in [-0.15, -0.1) is 0 Å². The minimum Gasteiger partial charge on any atom is -0.273 e. The fourth-order valence-electron chi connectivity index (χ4n) is 2.08. The summed E-state index contributed by atoms with van der Waals surface area (Å²) >= 11 is 0. The third-order valence-corrected chi connectivity index (χ3v) is 3.80. The lowest BCUT2D eigenvalue weighted by molar-refractivity contribution is 0.233. The van der Waals surface area contributed by atoms with Gasteiger partial charge in [-0.3, -0.25) is 4.55 Å². The second-order valence-electron chi connectivity index (χ2n) is 3.88. The molecule has 0 unspecified atom stereocenters. The lowest BCUT2D eigenvalue weighted by atomic mass is 9.95. The molecule has 1 aliphatic carbocycles. The van der Waals surface area contributed by atoms with Gasteiger partial charge in [-0.2, -0.15) is 12.7 Å². The van der Waals surface area contributed by atoms with Crippen LogP contribution in [-0.2, 0) is 10.3 Å². The van der Waals surface area contributed by atoms with Crippen molar-refractivity contribution in [3.8, 4) is 0 Å². The van der Waals surface area contributed by atoms with Crippen LogP contribution in [0, 0.1) is 0 Å². The zero-order valence-electron chi connectivity index (χ0n) is 8.65. The Morgan fingerprint density at radius 1 is 1.29 bits per heavy atom. The van der Waals surface area contributed by atoms with Gasteiger partial charge in [-0.05, 0) is 19.3 Å². The summed E-state index contributed by atoms with van der Waals surface area (Å²) in [7, 11) is -3.99. The quantitative estimate of drug-likeness (QED) is 0.737. The Bertz CT molecular complexity index is 257. The Morgan fingerprint density at radius 3 is 2.29 bits per heavy atom. The van der Waals surface area contributed by atoms with Gasteiger partial charge in [0.1, 0.15) is 0 Å². The van der Waals surface area contributed by atoms with Crippen molar-refractivity contribution >= 4 is 10.3 Å². The number of nitrogens with zero attached hydrogens (tertiary/aromatic N) is 1. The highest BCUT2D eigenvalue weighted by molar-refractivity contribution is 7.83. The highest BCUT2D eigenvalue weighted by atomic mass is 32.2. The predicted octanol–water partition coefficient (Wildman–Crippen LogP) is 1.83. The summed E-state index contributed by atoms with van der Waals surface area (Å²) in [5.41, 5.74) is 0. The monoisotopic (exact) mass is 221 g/mol. The summed E-state index contributed by atoms with van der Waals surface area (Å²) in [4.78, 5) is 0. The van der Waals surface area contributed by atoms with E-state index >= 15 is 0 Å². The second kappa shape index (κ2) is 5.09. The van der Waals surface area contributed by atoms with Gasteiger partial charge >= 0.3 is 10.3 Å². The van der Waals surface area contributed by atoms with Crippen LogP contribution < -0.4 is 0 Å². The molecule has 1 rings (SSSR count). The van der Waals surface area contributed by atoms with E-state index in [1.807, 2.05) is 6.92 Å². The fourth-order valence-corrected chi connectivity index (χ4v) is 3.08. The second-order valence-corrected chi connectivity index (χ2v) is 5.25. The van der Waals surface area contributed by atoms with E-state index < -0.39 is 10.3 Å². The average Bonchev–Trinajstić information content (AvgIpc) is 2.14. The van der Waals surface area contributed by atoms with Gasteiger partial charge < -0.3 is 0 Å². The van der Waals surface area contributed by atoms with Crippen LogP contribution in [0.2, 0.25) is 0 Å². The summed E-state index contributed by atoms with van der Waals surface area (Å²) in [6.45, 7) is 2.35. The van der Waals surface area contributed by atoms with E-state index in [4.69, 9.17) is 4.55 Å². The maximum absolute atomic E-state index is 11.1. The van der Waals surface area contributed by atoms with Crippen LogP contribution in [0.1, 0.15) is 45.4 Å². The molecule has 1 fully saturated rings. The lowest BCUT2D eigenvalue weighted by Gasteiger charge is -2.30. The standard InChI is InChI=1S/C9H19NO3S/c1-2-8-10(14(11,12)13)9-6-4-3-5-7-9/h9H,2-8H2,1H3,(H,11,12,13). The van der Waals surface area contributed by atoms with Crippen LogP contribution in [0.5, 0.6) is 0 Å². The van der Waals surface area contributed by atoms with E-state index in [0.717, 1.165) is 32.1 Å². The molecule has 0 radical (unpaired) electrons. The van der Waals surface area contributed by atoms with Gasteiger partial charge in [0, 0.05) is 12.6 Å². The van der Waals surface area contributed by atoms with Crippen LogP contribution in [0.4, 0.5) is 0 Å². The minimum absolute atomic E-state index is 0.0266. The zero-order valence-corrected chi connectivity index (χ0v) is 9.46. The molecule has 1 N–H and O–H groups in total. The summed E-state index contributed by atoms with van der Waals surface area (Å²) in [5, 5.41) is 0. The van der Waals surface area contributed by atoms with E-state index in [1.165, 1.54) is 10.7 Å². The average molecular weight is 221 g/mol.